The molecular formula is C18H22N2O2S. The third-order valence-electron chi connectivity index (χ3n) is 4.07. The van der Waals surface area contributed by atoms with Crippen molar-refractivity contribution in [3.8, 4) is 0 Å². The summed E-state index contributed by atoms with van der Waals surface area (Å²) < 4.78 is 0. The van der Waals surface area contributed by atoms with Crippen molar-refractivity contribution in [2.75, 3.05) is 25.0 Å². The second-order valence-electron chi connectivity index (χ2n) is 5.88. The number of aliphatic hydroxyl groups excluding tert-OH is 1. The Morgan fingerprint density at radius 3 is 3.04 bits per heavy atom. The zero-order chi connectivity index (χ0) is 16.1. The van der Waals surface area contributed by atoms with Crippen LogP contribution in [0.15, 0.2) is 41.8 Å². The molecule has 1 aromatic heterocycles. The molecule has 1 amide bonds. The standard InChI is InChI=1S/C18H22N2O2S/c21-16-6-2-10-20(13-16)18(22)14-4-1-5-15(12-14)19-9-8-17-7-3-11-23-17/h1,3-5,7,11-12,16,19,21H,2,6,8-10,13H2/t16-/m1/s1. The smallest absolute Gasteiger partial charge is 0.254 e. The number of piperidine rings is 1. The first-order valence-electron chi connectivity index (χ1n) is 8.06. The summed E-state index contributed by atoms with van der Waals surface area (Å²) in [5.41, 5.74) is 1.64. The monoisotopic (exact) mass is 330 g/mol. The molecular weight excluding hydrogens is 308 g/mol. The van der Waals surface area contributed by atoms with Crippen molar-refractivity contribution in [1.82, 2.24) is 4.90 Å². The number of benzene rings is 1. The highest BCUT2D eigenvalue weighted by atomic mass is 32.1. The molecule has 2 aromatic rings. The molecule has 4 nitrogen and oxygen atoms in total. The van der Waals surface area contributed by atoms with Gasteiger partial charge in [0.1, 0.15) is 0 Å². The van der Waals surface area contributed by atoms with E-state index in [0.29, 0.717) is 12.1 Å². The van der Waals surface area contributed by atoms with E-state index in [0.717, 1.165) is 38.0 Å². The first-order valence-corrected chi connectivity index (χ1v) is 8.94. The summed E-state index contributed by atoms with van der Waals surface area (Å²) in [6, 6.07) is 11.8. The summed E-state index contributed by atoms with van der Waals surface area (Å²) in [7, 11) is 0. The number of aliphatic hydroxyl groups is 1. The molecule has 1 fully saturated rings. The number of nitrogens with one attached hydrogen (secondary N) is 1. The minimum absolute atomic E-state index is 0.00524. The predicted octanol–water partition coefficient (Wildman–Crippen LogP) is 3.00. The first-order chi connectivity index (χ1) is 11.2. The normalized spacial score (nSPS) is 18.0. The number of thiophene rings is 1. The average Bonchev–Trinajstić information content (AvgIpc) is 3.08. The summed E-state index contributed by atoms with van der Waals surface area (Å²) in [4.78, 5) is 15.6. The number of rotatable bonds is 5. The van der Waals surface area contributed by atoms with E-state index < -0.39 is 0 Å². The van der Waals surface area contributed by atoms with E-state index in [4.69, 9.17) is 0 Å². The van der Waals surface area contributed by atoms with Crippen molar-refractivity contribution >= 4 is 22.9 Å². The van der Waals surface area contributed by atoms with Crippen LogP contribution < -0.4 is 5.32 Å². The van der Waals surface area contributed by atoms with Crippen molar-refractivity contribution in [2.45, 2.75) is 25.4 Å². The predicted molar refractivity (Wildman–Crippen MR) is 94.1 cm³/mol. The van der Waals surface area contributed by atoms with Gasteiger partial charge in [-0.1, -0.05) is 12.1 Å². The minimum atomic E-state index is -0.389. The molecule has 5 heteroatoms. The summed E-state index contributed by atoms with van der Waals surface area (Å²) in [5.74, 6) is 0.00524. The number of likely N-dealkylation sites (tertiary alicyclic amines) is 1. The average molecular weight is 330 g/mol. The van der Waals surface area contributed by atoms with Crippen molar-refractivity contribution < 1.29 is 9.90 Å². The molecule has 23 heavy (non-hydrogen) atoms. The van der Waals surface area contributed by atoms with Crippen molar-refractivity contribution in [3.05, 3.63) is 52.2 Å². The van der Waals surface area contributed by atoms with Gasteiger partial charge >= 0.3 is 0 Å². The molecule has 0 spiro atoms. The second-order valence-corrected chi connectivity index (χ2v) is 6.92. The van der Waals surface area contributed by atoms with Crippen LogP contribution in [0.5, 0.6) is 0 Å². The van der Waals surface area contributed by atoms with Gasteiger partial charge in [-0.15, -0.1) is 11.3 Å². The summed E-state index contributed by atoms with van der Waals surface area (Å²) >= 11 is 1.76. The molecule has 1 saturated heterocycles. The SMILES string of the molecule is O=C(c1cccc(NCCc2cccs2)c1)N1CCC[C@@H](O)C1. The number of amides is 1. The Labute approximate surface area is 140 Å². The number of hydrogen-bond acceptors (Lipinski definition) is 4. The van der Waals surface area contributed by atoms with Gasteiger partial charge in [0, 0.05) is 35.8 Å². The number of hydrogen-bond donors (Lipinski definition) is 2. The highest BCUT2D eigenvalue weighted by Gasteiger charge is 2.23. The minimum Gasteiger partial charge on any atom is -0.391 e. The lowest BCUT2D eigenvalue weighted by molar-refractivity contribution is 0.0474. The number of nitrogens with zero attached hydrogens (tertiary/aromatic N) is 1. The van der Waals surface area contributed by atoms with Crippen LogP contribution in [0.25, 0.3) is 0 Å². The Bertz CT molecular complexity index is 642. The van der Waals surface area contributed by atoms with E-state index in [-0.39, 0.29) is 12.0 Å². The van der Waals surface area contributed by atoms with Gasteiger partial charge in [-0.2, -0.15) is 0 Å². The number of carbonyl (C=O) groups excluding carboxylic acids is 1. The summed E-state index contributed by atoms with van der Waals surface area (Å²) in [6.07, 6.45) is 2.24. The number of β-amino-alcohol motifs (C(OH)–C–C–N with tert-alkyl or cyclic N) is 1. The van der Waals surface area contributed by atoms with Gasteiger partial charge in [-0.05, 0) is 48.9 Å². The molecule has 0 bridgehead atoms. The largest absolute Gasteiger partial charge is 0.391 e. The Morgan fingerprint density at radius 1 is 1.35 bits per heavy atom. The van der Waals surface area contributed by atoms with Crippen molar-refractivity contribution in [1.29, 1.82) is 0 Å². The van der Waals surface area contributed by atoms with Gasteiger partial charge in [0.25, 0.3) is 5.91 Å². The molecule has 2 N–H and O–H groups in total. The van der Waals surface area contributed by atoms with Crippen LogP contribution in [0.1, 0.15) is 28.1 Å². The Kier molecular flexibility index (Phi) is 5.31. The fourth-order valence-corrected chi connectivity index (χ4v) is 3.58. The third kappa shape index (κ3) is 4.33. The van der Waals surface area contributed by atoms with Gasteiger partial charge in [0.2, 0.25) is 0 Å². The Morgan fingerprint density at radius 2 is 2.26 bits per heavy atom. The molecule has 1 aliphatic heterocycles. The molecule has 1 aliphatic rings. The third-order valence-corrected chi connectivity index (χ3v) is 5.01. The maximum Gasteiger partial charge on any atom is 0.254 e. The van der Waals surface area contributed by atoms with Crippen LogP contribution in [-0.4, -0.2) is 41.7 Å². The zero-order valence-electron chi connectivity index (χ0n) is 13.1. The lowest BCUT2D eigenvalue weighted by atomic mass is 10.1. The lowest BCUT2D eigenvalue weighted by Gasteiger charge is -2.30. The van der Waals surface area contributed by atoms with E-state index in [9.17, 15) is 9.90 Å². The summed E-state index contributed by atoms with van der Waals surface area (Å²) in [6.45, 7) is 2.02. The van der Waals surface area contributed by atoms with E-state index in [1.807, 2.05) is 24.3 Å². The number of anilines is 1. The molecule has 0 saturated carbocycles. The van der Waals surface area contributed by atoms with Gasteiger partial charge in [0.15, 0.2) is 0 Å². The van der Waals surface area contributed by atoms with E-state index >= 15 is 0 Å². The van der Waals surface area contributed by atoms with E-state index in [1.165, 1.54) is 4.88 Å². The zero-order valence-corrected chi connectivity index (χ0v) is 13.9. The van der Waals surface area contributed by atoms with Crippen molar-refractivity contribution in [3.63, 3.8) is 0 Å². The van der Waals surface area contributed by atoms with Crippen LogP contribution in [0.3, 0.4) is 0 Å². The molecule has 0 radical (unpaired) electrons. The maximum atomic E-state index is 12.5. The quantitative estimate of drug-likeness (QED) is 0.886. The molecule has 0 aliphatic carbocycles. The first kappa shape index (κ1) is 16.0. The van der Waals surface area contributed by atoms with E-state index in [2.05, 4.69) is 22.8 Å². The van der Waals surface area contributed by atoms with Crippen molar-refractivity contribution in [2.24, 2.45) is 0 Å². The highest BCUT2D eigenvalue weighted by molar-refractivity contribution is 7.09. The van der Waals surface area contributed by atoms with E-state index in [1.54, 1.807) is 16.2 Å². The number of carbonyl (C=O) groups is 1. The molecule has 1 aromatic carbocycles. The topological polar surface area (TPSA) is 52.6 Å². The molecule has 1 atom stereocenters. The van der Waals surface area contributed by atoms with Gasteiger partial charge < -0.3 is 15.3 Å². The van der Waals surface area contributed by atoms with Crippen LogP contribution in [0, 0.1) is 0 Å². The van der Waals surface area contributed by atoms with Gasteiger partial charge in [-0.25, -0.2) is 0 Å². The lowest BCUT2D eigenvalue weighted by Crippen LogP contribution is -2.42. The van der Waals surface area contributed by atoms with Gasteiger partial charge in [0.05, 0.1) is 6.10 Å². The molecule has 3 rings (SSSR count). The Balaban J connectivity index is 1.59. The van der Waals surface area contributed by atoms with Gasteiger partial charge in [-0.3, -0.25) is 4.79 Å². The summed E-state index contributed by atoms with van der Waals surface area (Å²) in [5, 5.41) is 15.2. The van der Waals surface area contributed by atoms with Crippen LogP contribution >= 0.6 is 11.3 Å². The van der Waals surface area contributed by atoms with Crippen LogP contribution in [0.4, 0.5) is 5.69 Å². The van der Waals surface area contributed by atoms with Crippen LogP contribution in [-0.2, 0) is 6.42 Å². The Hall–Kier alpha value is -1.85. The molecule has 2 heterocycles. The highest BCUT2D eigenvalue weighted by Crippen LogP contribution is 2.17. The van der Waals surface area contributed by atoms with Crippen LogP contribution in [0.2, 0.25) is 0 Å². The molecule has 0 unspecified atom stereocenters. The second kappa shape index (κ2) is 7.62. The fraction of sp³-hybridized carbons (Fsp3) is 0.389. The maximum absolute atomic E-state index is 12.5. The molecule has 122 valence electrons. The fourth-order valence-electron chi connectivity index (χ4n) is 2.87.